The summed E-state index contributed by atoms with van der Waals surface area (Å²) in [4.78, 5) is 8.10. The summed E-state index contributed by atoms with van der Waals surface area (Å²) in [6, 6.07) is 3.79. The van der Waals surface area contributed by atoms with E-state index in [0.717, 1.165) is 15.7 Å². The summed E-state index contributed by atoms with van der Waals surface area (Å²) in [5.41, 5.74) is 0.915. The largest absolute Gasteiger partial charge is 0.343 e. The average molecular weight is 226 g/mol. The fraction of sp³-hybridized carbons (Fsp3) is 0.111. The van der Waals surface area contributed by atoms with Crippen molar-refractivity contribution in [2.45, 2.75) is 6.92 Å². The van der Waals surface area contributed by atoms with Crippen LogP contribution in [-0.2, 0) is 0 Å². The molecule has 0 radical (unpaired) electrons. The first-order valence-electron chi connectivity index (χ1n) is 4.05. The van der Waals surface area contributed by atoms with Gasteiger partial charge in [0.25, 0.3) is 0 Å². The number of halogens is 1. The number of rotatable bonds is 2. The molecule has 0 spiro atoms. The van der Waals surface area contributed by atoms with Crippen LogP contribution in [0.15, 0.2) is 24.5 Å². The van der Waals surface area contributed by atoms with Crippen molar-refractivity contribution in [2.24, 2.45) is 0 Å². The Bertz CT molecular complexity index is 427. The molecule has 0 bridgehead atoms. The first-order valence-corrected chi connectivity index (χ1v) is 5.25. The van der Waals surface area contributed by atoms with Gasteiger partial charge in [0.15, 0.2) is 5.15 Å². The van der Waals surface area contributed by atoms with E-state index in [2.05, 4.69) is 15.3 Å². The van der Waals surface area contributed by atoms with Gasteiger partial charge in [0.2, 0.25) is 0 Å². The van der Waals surface area contributed by atoms with E-state index >= 15 is 0 Å². The van der Waals surface area contributed by atoms with Crippen molar-refractivity contribution >= 4 is 33.6 Å². The van der Waals surface area contributed by atoms with Crippen LogP contribution >= 0.6 is 22.9 Å². The molecule has 0 saturated heterocycles. The van der Waals surface area contributed by atoms with E-state index in [4.69, 9.17) is 11.6 Å². The highest BCUT2D eigenvalue weighted by molar-refractivity contribution is 7.16. The van der Waals surface area contributed by atoms with Crippen molar-refractivity contribution in [3.8, 4) is 0 Å². The predicted octanol–water partition coefficient (Wildman–Crippen LogP) is 3.24. The second-order valence-corrected chi connectivity index (χ2v) is 4.28. The van der Waals surface area contributed by atoms with Crippen LogP contribution in [0.2, 0.25) is 5.15 Å². The summed E-state index contributed by atoms with van der Waals surface area (Å²) in [6.45, 7) is 1.92. The van der Waals surface area contributed by atoms with Crippen LogP contribution < -0.4 is 5.32 Å². The number of nitrogens with zero attached hydrogens (tertiary/aromatic N) is 2. The number of aryl methyl sites for hydroxylation is 1. The Hall–Kier alpha value is -1.13. The van der Waals surface area contributed by atoms with Gasteiger partial charge in [-0.2, -0.15) is 0 Å². The van der Waals surface area contributed by atoms with E-state index in [1.807, 2.05) is 19.1 Å². The quantitative estimate of drug-likeness (QED) is 0.853. The van der Waals surface area contributed by atoms with Crippen LogP contribution in [0.4, 0.5) is 10.7 Å². The number of thiazole rings is 1. The smallest absolute Gasteiger partial charge is 0.164 e. The van der Waals surface area contributed by atoms with E-state index in [0.29, 0.717) is 5.15 Å². The van der Waals surface area contributed by atoms with Crippen LogP contribution in [0, 0.1) is 6.92 Å². The number of hydrogen-bond donors (Lipinski definition) is 1. The molecule has 0 aromatic carbocycles. The molecular weight excluding hydrogens is 218 g/mol. The molecule has 2 aromatic rings. The lowest BCUT2D eigenvalue weighted by Crippen LogP contribution is -1.87. The Labute approximate surface area is 90.8 Å². The van der Waals surface area contributed by atoms with Crippen LogP contribution in [0.5, 0.6) is 0 Å². The molecule has 0 aliphatic heterocycles. The number of pyridine rings is 1. The maximum absolute atomic E-state index is 5.91. The molecule has 0 aliphatic rings. The number of hydrogen-bond acceptors (Lipinski definition) is 4. The molecule has 2 aromatic heterocycles. The SMILES string of the molecule is Cc1nc(Cl)c(Nc2cccnc2)s1. The van der Waals surface area contributed by atoms with Gasteiger partial charge in [0.05, 0.1) is 16.9 Å². The molecule has 72 valence electrons. The lowest BCUT2D eigenvalue weighted by Gasteiger charge is -2.01. The second kappa shape index (κ2) is 3.94. The minimum Gasteiger partial charge on any atom is -0.343 e. The molecule has 5 heteroatoms. The third kappa shape index (κ3) is 2.02. The summed E-state index contributed by atoms with van der Waals surface area (Å²) < 4.78 is 0. The van der Waals surface area contributed by atoms with Crippen molar-refractivity contribution in [1.82, 2.24) is 9.97 Å². The van der Waals surface area contributed by atoms with Gasteiger partial charge < -0.3 is 5.32 Å². The standard InChI is InChI=1S/C9H8ClN3S/c1-6-12-8(10)9(14-6)13-7-3-2-4-11-5-7/h2-5,13H,1H3. The molecule has 3 nitrogen and oxygen atoms in total. The normalized spacial score (nSPS) is 10.1. The van der Waals surface area contributed by atoms with Gasteiger partial charge in [-0.25, -0.2) is 4.98 Å². The minimum atomic E-state index is 0.511. The van der Waals surface area contributed by atoms with Crippen molar-refractivity contribution < 1.29 is 0 Å². The number of aromatic nitrogens is 2. The van der Waals surface area contributed by atoms with Gasteiger partial charge in [-0.05, 0) is 19.1 Å². The van der Waals surface area contributed by atoms with Crippen LogP contribution in [0.25, 0.3) is 0 Å². The minimum absolute atomic E-state index is 0.511. The lowest BCUT2D eigenvalue weighted by atomic mass is 10.4. The average Bonchev–Trinajstić information content (AvgIpc) is 2.47. The molecule has 0 unspecified atom stereocenters. The highest BCUT2D eigenvalue weighted by Crippen LogP contribution is 2.30. The second-order valence-electron chi connectivity index (χ2n) is 2.72. The summed E-state index contributed by atoms with van der Waals surface area (Å²) >= 11 is 7.44. The summed E-state index contributed by atoms with van der Waals surface area (Å²) in [5, 5.41) is 5.47. The zero-order valence-corrected chi connectivity index (χ0v) is 9.06. The highest BCUT2D eigenvalue weighted by atomic mass is 35.5. The third-order valence-electron chi connectivity index (χ3n) is 1.61. The van der Waals surface area contributed by atoms with Crippen molar-refractivity contribution in [3.05, 3.63) is 34.7 Å². The van der Waals surface area contributed by atoms with Crippen molar-refractivity contribution in [3.63, 3.8) is 0 Å². The van der Waals surface area contributed by atoms with E-state index in [1.165, 1.54) is 11.3 Å². The molecule has 1 N–H and O–H groups in total. The molecule has 2 rings (SSSR count). The van der Waals surface area contributed by atoms with Crippen molar-refractivity contribution in [2.75, 3.05) is 5.32 Å². The molecule has 2 heterocycles. The van der Waals surface area contributed by atoms with Gasteiger partial charge in [-0.15, -0.1) is 11.3 Å². The first kappa shape index (κ1) is 9.43. The zero-order chi connectivity index (χ0) is 9.97. The number of nitrogens with one attached hydrogen (secondary N) is 1. The van der Waals surface area contributed by atoms with Crippen molar-refractivity contribution in [1.29, 1.82) is 0 Å². The molecule has 14 heavy (non-hydrogen) atoms. The van der Waals surface area contributed by atoms with E-state index in [-0.39, 0.29) is 0 Å². The fourth-order valence-electron chi connectivity index (χ4n) is 1.05. The summed E-state index contributed by atoms with van der Waals surface area (Å²) in [7, 11) is 0. The lowest BCUT2D eigenvalue weighted by molar-refractivity contribution is 1.29. The Kier molecular flexibility index (Phi) is 2.65. The fourth-order valence-corrected chi connectivity index (χ4v) is 2.12. The van der Waals surface area contributed by atoms with E-state index in [9.17, 15) is 0 Å². The Balaban J connectivity index is 2.23. The van der Waals surface area contributed by atoms with Gasteiger partial charge in [0.1, 0.15) is 5.00 Å². The van der Waals surface area contributed by atoms with Crippen LogP contribution in [0.1, 0.15) is 5.01 Å². The molecule has 0 atom stereocenters. The third-order valence-corrected chi connectivity index (χ3v) is 2.88. The molecule has 0 aliphatic carbocycles. The highest BCUT2D eigenvalue weighted by Gasteiger charge is 2.05. The van der Waals surface area contributed by atoms with Gasteiger partial charge in [-0.3, -0.25) is 4.98 Å². The maximum Gasteiger partial charge on any atom is 0.164 e. The topological polar surface area (TPSA) is 37.8 Å². The van der Waals surface area contributed by atoms with Crippen LogP contribution in [0.3, 0.4) is 0 Å². The van der Waals surface area contributed by atoms with Gasteiger partial charge >= 0.3 is 0 Å². The zero-order valence-electron chi connectivity index (χ0n) is 7.49. The first-order chi connectivity index (χ1) is 6.75. The molecule has 0 fully saturated rings. The summed E-state index contributed by atoms with van der Waals surface area (Å²) in [5.74, 6) is 0. The van der Waals surface area contributed by atoms with Gasteiger partial charge in [-0.1, -0.05) is 11.6 Å². The van der Waals surface area contributed by atoms with Crippen LogP contribution in [-0.4, -0.2) is 9.97 Å². The molecule has 0 amide bonds. The van der Waals surface area contributed by atoms with E-state index in [1.54, 1.807) is 12.4 Å². The Morgan fingerprint density at radius 2 is 2.36 bits per heavy atom. The summed E-state index contributed by atoms with van der Waals surface area (Å²) in [6.07, 6.45) is 3.47. The molecular formula is C9H8ClN3S. The predicted molar refractivity (Wildman–Crippen MR) is 59.4 cm³/mol. The Morgan fingerprint density at radius 1 is 1.50 bits per heavy atom. The monoisotopic (exact) mass is 225 g/mol. The maximum atomic E-state index is 5.91. The number of anilines is 2. The Morgan fingerprint density at radius 3 is 2.93 bits per heavy atom. The van der Waals surface area contributed by atoms with E-state index < -0.39 is 0 Å². The molecule has 0 saturated carbocycles. The van der Waals surface area contributed by atoms with Gasteiger partial charge in [0, 0.05) is 6.20 Å².